The van der Waals surface area contributed by atoms with Crippen molar-refractivity contribution in [2.45, 2.75) is 13.3 Å². The Morgan fingerprint density at radius 2 is 2.17 bits per heavy atom. The summed E-state index contributed by atoms with van der Waals surface area (Å²) in [5.74, 6) is 1.59. The summed E-state index contributed by atoms with van der Waals surface area (Å²) in [7, 11) is -0.777. The predicted molar refractivity (Wildman–Crippen MR) is 94.2 cm³/mol. The second-order valence-electron chi connectivity index (χ2n) is 5.52. The minimum Gasteiger partial charge on any atom is -0.371 e. The quantitative estimate of drug-likeness (QED) is 0.732. The van der Waals surface area contributed by atoms with E-state index in [9.17, 15) is 9.47 Å². The molecule has 0 saturated heterocycles. The van der Waals surface area contributed by atoms with Crippen LogP contribution in [0.25, 0.3) is 16.7 Å². The molecule has 6 heteroatoms. The van der Waals surface area contributed by atoms with Gasteiger partial charge >= 0.3 is 0 Å². The number of hydrogen-bond acceptors (Lipinski definition) is 4. The summed E-state index contributed by atoms with van der Waals surface area (Å²) in [4.78, 5) is 4.62. The van der Waals surface area contributed by atoms with Gasteiger partial charge in [-0.05, 0) is 37.1 Å². The number of para-hydroxylation sites is 2. The van der Waals surface area contributed by atoms with Gasteiger partial charge in [0.05, 0.1) is 16.6 Å². The number of fused-ring (bicyclic) bond motifs is 3. The Hall–Kier alpha value is -2.39. The van der Waals surface area contributed by atoms with E-state index in [2.05, 4.69) is 16.4 Å². The van der Waals surface area contributed by atoms with Crippen LogP contribution in [0.15, 0.2) is 30.3 Å². The lowest BCUT2D eigenvalue weighted by molar-refractivity contribution is 0.685. The zero-order valence-corrected chi connectivity index (χ0v) is 14.0. The van der Waals surface area contributed by atoms with E-state index in [4.69, 9.17) is 0 Å². The molecule has 0 fully saturated rings. The highest BCUT2D eigenvalue weighted by atomic mass is 32.2. The Labute approximate surface area is 137 Å². The van der Waals surface area contributed by atoms with E-state index < -0.39 is 10.8 Å². The smallest absolute Gasteiger partial charge is 0.157 e. The zero-order chi connectivity index (χ0) is 16.4. The SMILES string of the molecule is Cc1cc(NCCC[S@@](C)=O)n2c(nc3ccccc32)c1C#N. The number of pyridine rings is 1. The summed E-state index contributed by atoms with van der Waals surface area (Å²) in [6, 6.07) is 12.1. The van der Waals surface area contributed by atoms with Gasteiger partial charge < -0.3 is 5.32 Å². The third-order valence-electron chi connectivity index (χ3n) is 3.80. The maximum atomic E-state index is 11.2. The highest BCUT2D eigenvalue weighted by molar-refractivity contribution is 7.84. The lowest BCUT2D eigenvalue weighted by Crippen LogP contribution is -2.10. The first-order chi connectivity index (χ1) is 11.1. The molecule has 0 aliphatic heterocycles. The number of benzene rings is 1. The van der Waals surface area contributed by atoms with Crippen LogP contribution in [0.1, 0.15) is 17.5 Å². The average Bonchev–Trinajstić information content (AvgIpc) is 2.90. The molecule has 0 radical (unpaired) electrons. The number of aryl methyl sites for hydroxylation is 1. The minimum atomic E-state index is -0.777. The van der Waals surface area contributed by atoms with Gasteiger partial charge in [-0.3, -0.25) is 8.61 Å². The Morgan fingerprint density at radius 3 is 2.91 bits per heavy atom. The molecule has 0 amide bonds. The minimum absolute atomic E-state index is 0.599. The summed E-state index contributed by atoms with van der Waals surface area (Å²) >= 11 is 0. The van der Waals surface area contributed by atoms with Crippen LogP contribution in [-0.4, -0.2) is 32.1 Å². The maximum absolute atomic E-state index is 11.2. The van der Waals surface area contributed by atoms with Gasteiger partial charge in [0.2, 0.25) is 0 Å². The van der Waals surface area contributed by atoms with Crippen molar-refractivity contribution < 1.29 is 4.21 Å². The first-order valence-electron chi connectivity index (χ1n) is 7.46. The van der Waals surface area contributed by atoms with Crippen LogP contribution in [0.2, 0.25) is 0 Å². The van der Waals surface area contributed by atoms with Crippen molar-refractivity contribution in [3.8, 4) is 6.07 Å². The largest absolute Gasteiger partial charge is 0.371 e. The zero-order valence-electron chi connectivity index (χ0n) is 13.2. The summed E-state index contributed by atoms with van der Waals surface area (Å²) in [6.45, 7) is 2.65. The molecular formula is C17H18N4OS. The second-order valence-corrected chi connectivity index (χ2v) is 7.07. The Balaban J connectivity index is 2.10. The van der Waals surface area contributed by atoms with Crippen molar-refractivity contribution in [2.75, 3.05) is 23.9 Å². The van der Waals surface area contributed by atoms with Crippen molar-refractivity contribution >= 4 is 33.3 Å². The molecule has 0 aliphatic carbocycles. The lowest BCUT2D eigenvalue weighted by atomic mass is 10.1. The molecular weight excluding hydrogens is 308 g/mol. The molecule has 1 aromatic carbocycles. The number of aromatic nitrogens is 2. The molecule has 3 rings (SSSR count). The molecule has 0 saturated carbocycles. The number of hydrogen-bond donors (Lipinski definition) is 1. The van der Waals surface area contributed by atoms with Crippen LogP contribution < -0.4 is 5.32 Å². The molecule has 0 spiro atoms. The molecule has 3 aromatic rings. The van der Waals surface area contributed by atoms with Crippen LogP contribution in [-0.2, 0) is 10.8 Å². The highest BCUT2D eigenvalue weighted by Gasteiger charge is 2.14. The second kappa shape index (κ2) is 6.39. The fourth-order valence-corrected chi connectivity index (χ4v) is 3.27. The molecule has 2 aromatic heterocycles. The van der Waals surface area contributed by atoms with Crippen LogP contribution in [0.4, 0.5) is 5.82 Å². The van der Waals surface area contributed by atoms with Crippen LogP contribution in [0.5, 0.6) is 0 Å². The van der Waals surface area contributed by atoms with Crippen LogP contribution in [0.3, 0.4) is 0 Å². The maximum Gasteiger partial charge on any atom is 0.157 e. The summed E-state index contributed by atoms with van der Waals surface area (Å²) in [6.07, 6.45) is 2.55. The van der Waals surface area contributed by atoms with E-state index in [-0.39, 0.29) is 0 Å². The molecule has 118 valence electrons. The first-order valence-corrected chi connectivity index (χ1v) is 9.19. The standard InChI is InChI=1S/C17H18N4OS/c1-12-10-16(19-8-5-9-23(2)22)21-15-7-4-3-6-14(15)20-17(21)13(12)11-18/h3-4,6-7,10,19H,5,8-9H2,1-2H3/t23-/m1/s1. The Morgan fingerprint density at radius 1 is 1.39 bits per heavy atom. The van der Waals surface area contributed by atoms with Crippen molar-refractivity contribution in [1.82, 2.24) is 9.38 Å². The number of rotatable bonds is 5. The number of nitriles is 1. The number of imidazole rings is 1. The van der Waals surface area contributed by atoms with E-state index in [0.29, 0.717) is 17.0 Å². The summed E-state index contributed by atoms with van der Waals surface area (Å²) < 4.78 is 13.2. The Kier molecular flexibility index (Phi) is 4.30. The molecule has 1 atom stereocenters. The van der Waals surface area contributed by atoms with Crippen LogP contribution >= 0.6 is 0 Å². The molecule has 5 nitrogen and oxygen atoms in total. The highest BCUT2D eigenvalue weighted by Crippen LogP contribution is 2.26. The van der Waals surface area contributed by atoms with Crippen molar-refractivity contribution in [2.24, 2.45) is 0 Å². The average molecular weight is 326 g/mol. The molecule has 23 heavy (non-hydrogen) atoms. The van der Waals surface area contributed by atoms with Gasteiger partial charge in [-0.1, -0.05) is 12.1 Å². The van der Waals surface area contributed by atoms with Gasteiger partial charge in [0.15, 0.2) is 5.65 Å². The van der Waals surface area contributed by atoms with Crippen molar-refractivity contribution in [3.63, 3.8) is 0 Å². The summed E-state index contributed by atoms with van der Waals surface area (Å²) in [5.41, 5.74) is 4.02. The van der Waals surface area contributed by atoms with Gasteiger partial charge in [0, 0.05) is 29.4 Å². The number of nitrogens with zero attached hydrogens (tertiary/aromatic N) is 3. The lowest BCUT2D eigenvalue weighted by Gasteiger charge is -2.12. The normalized spacial score (nSPS) is 12.4. The molecule has 0 bridgehead atoms. The third kappa shape index (κ3) is 2.92. The molecule has 1 N–H and O–H groups in total. The van der Waals surface area contributed by atoms with E-state index in [1.54, 1.807) is 6.26 Å². The topological polar surface area (TPSA) is 70.2 Å². The van der Waals surface area contributed by atoms with Gasteiger partial charge in [0.1, 0.15) is 11.9 Å². The van der Waals surface area contributed by atoms with Crippen molar-refractivity contribution in [1.29, 1.82) is 5.26 Å². The van der Waals surface area contributed by atoms with Gasteiger partial charge in [-0.25, -0.2) is 4.98 Å². The number of nitrogens with one attached hydrogen (secondary N) is 1. The van der Waals surface area contributed by atoms with Crippen molar-refractivity contribution in [3.05, 3.63) is 41.5 Å². The Bertz CT molecular complexity index is 939. The molecule has 0 aliphatic rings. The molecule has 0 unspecified atom stereocenters. The van der Waals surface area contributed by atoms with Crippen LogP contribution in [0, 0.1) is 18.3 Å². The molecule has 2 heterocycles. The van der Waals surface area contributed by atoms with E-state index in [1.807, 2.05) is 41.7 Å². The first kappa shape index (κ1) is 15.5. The summed E-state index contributed by atoms with van der Waals surface area (Å²) in [5, 5.41) is 12.8. The monoisotopic (exact) mass is 326 g/mol. The fourth-order valence-electron chi connectivity index (χ4n) is 2.72. The van der Waals surface area contributed by atoms with Gasteiger partial charge in [-0.2, -0.15) is 5.26 Å². The van der Waals surface area contributed by atoms with E-state index >= 15 is 0 Å². The van der Waals surface area contributed by atoms with Gasteiger partial charge in [-0.15, -0.1) is 0 Å². The third-order valence-corrected chi connectivity index (χ3v) is 4.66. The number of anilines is 1. The predicted octanol–water partition coefficient (Wildman–Crippen LogP) is 2.85. The fraction of sp³-hybridized carbons (Fsp3) is 0.294. The van der Waals surface area contributed by atoms with Gasteiger partial charge in [0.25, 0.3) is 0 Å². The van der Waals surface area contributed by atoms with E-state index in [0.717, 1.165) is 35.4 Å². The van der Waals surface area contributed by atoms with E-state index in [1.165, 1.54) is 0 Å².